The maximum absolute atomic E-state index is 11.1. The van der Waals surface area contributed by atoms with Gasteiger partial charge < -0.3 is 10.1 Å². The number of hydrogen-bond acceptors (Lipinski definition) is 2. The third kappa shape index (κ3) is 9.08. The molecule has 14 heavy (non-hydrogen) atoms. The fourth-order valence-corrected chi connectivity index (χ4v) is 0.758. The van der Waals surface area contributed by atoms with Gasteiger partial charge in [0.15, 0.2) is 0 Å². The molecular formula is C11H19NO2. The summed E-state index contributed by atoms with van der Waals surface area (Å²) in [6.45, 7) is 7.21. The van der Waals surface area contributed by atoms with Crippen molar-refractivity contribution < 1.29 is 9.53 Å². The molecule has 0 aromatic carbocycles. The van der Waals surface area contributed by atoms with E-state index in [9.17, 15) is 4.79 Å². The zero-order valence-corrected chi connectivity index (χ0v) is 9.22. The molecule has 1 N–H and O–H groups in total. The van der Waals surface area contributed by atoms with E-state index >= 15 is 0 Å². The summed E-state index contributed by atoms with van der Waals surface area (Å²) < 4.78 is 5.06. The molecule has 0 spiro atoms. The Bertz CT molecular complexity index is 213. The molecule has 0 radical (unpaired) electrons. The van der Waals surface area contributed by atoms with Crippen LogP contribution in [0.5, 0.6) is 0 Å². The van der Waals surface area contributed by atoms with Crippen LogP contribution in [-0.4, -0.2) is 25.7 Å². The Labute approximate surface area is 86.2 Å². The second-order valence-corrected chi connectivity index (χ2v) is 3.31. The van der Waals surface area contributed by atoms with E-state index in [-0.39, 0.29) is 12.5 Å². The van der Waals surface area contributed by atoms with Crippen molar-refractivity contribution in [3.05, 3.63) is 0 Å². The van der Waals surface area contributed by atoms with Crippen LogP contribution >= 0.6 is 0 Å². The van der Waals surface area contributed by atoms with Crippen LogP contribution in [-0.2, 0) is 9.53 Å². The highest BCUT2D eigenvalue weighted by Gasteiger charge is 1.97. The molecule has 0 saturated heterocycles. The lowest BCUT2D eigenvalue weighted by atomic mass is 10.2. The number of ether oxygens (including phenoxy) is 1. The predicted molar refractivity (Wildman–Crippen MR) is 56.7 cm³/mol. The van der Waals surface area contributed by atoms with Crippen molar-refractivity contribution in [2.45, 2.75) is 27.2 Å². The van der Waals surface area contributed by atoms with Gasteiger partial charge in [0.2, 0.25) is 5.91 Å². The first kappa shape index (κ1) is 13.0. The monoisotopic (exact) mass is 197 g/mol. The minimum Gasteiger partial charge on any atom is -0.372 e. The van der Waals surface area contributed by atoms with Gasteiger partial charge in [-0.3, -0.25) is 4.79 Å². The number of hydrogen-bond donors (Lipinski definition) is 1. The molecule has 0 bridgehead atoms. The maximum Gasteiger partial charge on any atom is 0.246 e. The van der Waals surface area contributed by atoms with E-state index in [1.807, 2.05) is 20.8 Å². The van der Waals surface area contributed by atoms with Gasteiger partial charge in [0.25, 0.3) is 0 Å². The minimum absolute atomic E-state index is 0.100. The Morgan fingerprint density at radius 2 is 2.21 bits per heavy atom. The number of carbonyl (C=O) groups is 1. The zero-order chi connectivity index (χ0) is 10.8. The average molecular weight is 197 g/mol. The molecule has 0 unspecified atom stereocenters. The Morgan fingerprint density at radius 1 is 1.50 bits per heavy atom. The van der Waals surface area contributed by atoms with Gasteiger partial charge in [0, 0.05) is 12.5 Å². The summed E-state index contributed by atoms with van der Waals surface area (Å²) in [6.07, 6.45) is 0.931. The van der Waals surface area contributed by atoms with Gasteiger partial charge in [-0.25, -0.2) is 0 Å². The third-order valence-corrected chi connectivity index (χ3v) is 1.35. The lowest BCUT2D eigenvalue weighted by Gasteiger charge is -2.01. The maximum atomic E-state index is 11.1. The molecule has 0 aliphatic rings. The largest absolute Gasteiger partial charge is 0.372 e. The summed E-state index contributed by atoms with van der Waals surface area (Å²) in [4.78, 5) is 11.1. The highest BCUT2D eigenvalue weighted by molar-refractivity contribution is 5.77. The molecule has 1 amide bonds. The van der Waals surface area contributed by atoms with Gasteiger partial charge in [-0.15, -0.1) is 0 Å². The van der Waals surface area contributed by atoms with Crippen LogP contribution in [0.2, 0.25) is 0 Å². The molecule has 3 nitrogen and oxygen atoms in total. The fraction of sp³-hybridized carbons (Fsp3) is 0.727. The molecule has 0 rings (SSSR count). The topological polar surface area (TPSA) is 38.3 Å². The molecule has 0 fully saturated rings. The lowest BCUT2D eigenvalue weighted by Crippen LogP contribution is -2.28. The van der Waals surface area contributed by atoms with E-state index in [0.29, 0.717) is 19.1 Å². The number of rotatable bonds is 5. The summed E-state index contributed by atoms with van der Waals surface area (Å²) >= 11 is 0. The molecule has 3 heteroatoms. The second kappa shape index (κ2) is 8.58. The second-order valence-electron chi connectivity index (χ2n) is 3.31. The quantitative estimate of drug-likeness (QED) is 0.531. The Morgan fingerprint density at radius 3 is 2.79 bits per heavy atom. The first-order valence-corrected chi connectivity index (χ1v) is 4.99. The molecule has 0 aliphatic heterocycles. The van der Waals surface area contributed by atoms with Crippen molar-refractivity contribution in [2.75, 3.05) is 19.8 Å². The smallest absolute Gasteiger partial charge is 0.246 e. The standard InChI is InChI=1S/C11H19NO2/c1-4-8-14-9-11(13)12-7-5-6-10(2)3/h10H,4,7-9H2,1-3H3,(H,12,13). The van der Waals surface area contributed by atoms with Crippen LogP contribution in [0.15, 0.2) is 0 Å². The first-order valence-electron chi connectivity index (χ1n) is 4.99. The molecule has 0 heterocycles. The van der Waals surface area contributed by atoms with E-state index in [2.05, 4.69) is 17.2 Å². The molecular weight excluding hydrogens is 178 g/mol. The summed E-state index contributed by atoms with van der Waals surface area (Å²) in [5.74, 6) is 6.08. The Balaban J connectivity index is 3.41. The number of carbonyl (C=O) groups excluding carboxylic acids is 1. The van der Waals surface area contributed by atoms with Gasteiger partial charge in [-0.2, -0.15) is 0 Å². The van der Waals surface area contributed by atoms with Crippen molar-refractivity contribution >= 4 is 5.91 Å². The molecule has 0 aromatic rings. The summed E-state index contributed by atoms with van der Waals surface area (Å²) in [7, 11) is 0. The van der Waals surface area contributed by atoms with Gasteiger partial charge in [0.1, 0.15) is 6.61 Å². The van der Waals surface area contributed by atoms with Gasteiger partial charge >= 0.3 is 0 Å². The van der Waals surface area contributed by atoms with Crippen LogP contribution in [0, 0.1) is 17.8 Å². The average Bonchev–Trinajstić information content (AvgIpc) is 2.13. The van der Waals surface area contributed by atoms with Crippen LogP contribution in [0.4, 0.5) is 0 Å². The van der Waals surface area contributed by atoms with Crippen molar-refractivity contribution in [1.29, 1.82) is 0 Å². The van der Waals surface area contributed by atoms with Gasteiger partial charge in [0.05, 0.1) is 6.54 Å². The predicted octanol–water partition coefficient (Wildman–Crippen LogP) is 1.19. The van der Waals surface area contributed by atoms with Crippen LogP contribution in [0.25, 0.3) is 0 Å². The molecule has 0 saturated carbocycles. The fourth-order valence-electron chi connectivity index (χ4n) is 0.758. The SMILES string of the molecule is CCCOCC(=O)NCC#CC(C)C. The van der Waals surface area contributed by atoms with Crippen molar-refractivity contribution in [3.63, 3.8) is 0 Å². The summed E-state index contributed by atoms with van der Waals surface area (Å²) in [5, 5.41) is 2.66. The van der Waals surface area contributed by atoms with E-state index < -0.39 is 0 Å². The van der Waals surface area contributed by atoms with Crippen molar-refractivity contribution in [1.82, 2.24) is 5.32 Å². The Hall–Kier alpha value is -1.01. The normalized spacial score (nSPS) is 9.43. The highest BCUT2D eigenvalue weighted by Crippen LogP contribution is 1.84. The summed E-state index contributed by atoms with van der Waals surface area (Å²) in [6, 6.07) is 0. The third-order valence-electron chi connectivity index (χ3n) is 1.35. The van der Waals surface area contributed by atoms with Crippen LogP contribution in [0.3, 0.4) is 0 Å². The number of amides is 1. The molecule has 0 atom stereocenters. The van der Waals surface area contributed by atoms with E-state index in [1.54, 1.807) is 0 Å². The zero-order valence-electron chi connectivity index (χ0n) is 9.22. The lowest BCUT2D eigenvalue weighted by molar-refractivity contribution is -0.125. The molecule has 0 aliphatic carbocycles. The van der Waals surface area contributed by atoms with Gasteiger partial charge in [-0.1, -0.05) is 32.6 Å². The van der Waals surface area contributed by atoms with Gasteiger partial charge in [-0.05, 0) is 6.42 Å². The Kier molecular flexibility index (Phi) is 7.96. The van der Waals surface area contributed by atoms with Crippen molar-refractivity contribution in [3.8, 4) is 11.8 Å². The highest BCUT2D eigenvalue weighted by atomic mass is 16.5. The van der Waals surface area contributed by atoms with Crippen molar-refractivity contribution in [2.24, 2.45) is 5.92 Å². The minimum atomic E-state index is -0.100. The number of nitrogens with one attached hydrogen (secondary N) is 1. The van der Waals surface area contributed by atoms with Crippen LogP contribution < -0.4 is 5.32 Å². The van der Waals surface area contributed by atoms with E-state index in [4.69, 9.17) is 4.74 Å². The molecule has 80 valence electrons. The summed E-state index contributed by atoms with van der Waals surface area (Å²) in [5.41, 5.74) is 0. The van der Waals surface area contributed by atoms with E-state index in [1.165, 1.54) is 0 Å². The van der Waals surface area contributed by atoms with Crippen LogP contribution in [0.1, 0.15) is 27.2 Å². The first-order chi connectivity index (χ1) is 6.66. The molecule has 0 aromatic heterocycles. The van der Waals surface area contributed by atoms with E-state index in [0.717, 1.165) is 6.42 Å².